The quantitative estimate of drug-likeness (QED) is 0.933. The number of nitrogens with zero attached hydrogens (tertiary/aromatic N) is 4. The first-order chi connectivity index (χ1) is 10.6. The minimum absolute atomic E-state index is 0.0585. The van der Waals surface area contributed by atoms with Crippen molar-refractivity contribution in [3.8, 4) is 0 Å². The molecule has 6 nitrogen and oxygen atoms in total. The van der Waals surface area contributed by atoms with Gasteiger partial charge in [-0.25, -0.2) is 4.98 Å². The van der Waals surface area contributed by atoms with E-state index in [-0.39, 0.29) is 11.9 Å². The Balaban J connectivity index is 1.63. The van der Waals surface area contributed by atoms with E-state index in [1.54, 1.807) is 17.1 Å². The molecule has 1 saturated heterocycles. The van der Waals surface area contributed by atoms with Gasteiger partial charge in [0.25, 0.3) is 5.91 Å². The van der Waals surface area contributed by atoms with E-state index in [0.29, 0.717) is 5.56 Å². The standard InChI is InChI=1S/C16H21N5O/c1-12-5-6-15(17-8-12)21-7-3-4-14(11-21)19-16(22)13-9-18-20(2)10-13/h5-6,8-10,14H,3-4,7,11H2,1-2H3,(H,19,22). The molecule has 1 aliphatic rings. The summed E-state index contributed by atoms with van der Waals surface area (Å²) in [6.45, 7) is 3.81. The molecule has 1 fully saturated rings. The van der Waals surface area contributed by atoms with Crippen molar-refractivity contribution in [2.45, 2.75) is 25.8 Å². The lowest BCUT2D eigenvalue weighted by Gasteiger charge is -2.34. The number of aryl methyl sites for hydroxylation is 2. The molecule has 3 rings (SSSR count). The molecule has 0 radical (unpaired) electrons. The molecule has 1 atom stereocenters. The molecule has 1 unspecified atom stereocenters. The van der Waals surface area contributed by atoms with Gasteiger partial charge in [-0.2, -0.15) is 5.10 Å². The van der Waals surface area contributed by atoms with Gasteiger partial charge in [-0.05, 0) is 31.4 Å². The average Bonchev–Trinajstić information content (AvgIpc) is 2.95. The highest BCUT2D eigenvalue weighted by atomic mass is 16.1. The van der Waals surface area contributed by atoms with Crippen LogP contribution in [0.5, 0.6) is 0 Å². The Morgan fingerprint density at radius 2 is 2.23 bits per heavy atom. The van der Waals surface area contributed by atoms with Crippen LogP contribution in [0.3, 0.4) is 0 Å². The molecule has 6 heteroatoms. The lowest BCUT2D eigenvalue weighted by molar-refractivity contribution is 0.0933. The molecule has 0 aromatic carbocycles. The van der Waals surface area contributed by atoms with Crippen molar-refractivity contribution in [1.29, 1.82) is 0 Å². The van der Waals surface area contributed by atoms with Crippen LogP contribution in [0.4, 0.5) is 5.82 Å². The van der Waals surface area contributed by atoms with Crippen LogP contribution >= 0.6 is 0 Å². The average molecular weight is 299 g/mol. The fraction of sp³-hybridized carbons (Fsp3) is 0.438. The Bertz CT molecular complexity index is 649. The van der Waals surface area contributed by atoms with Gasteiger partial charge in [0.05, 0.1) is 11.8 Å². The second-order valence-electron chi connectivity index (χ2n) is 5.86. The summed E-state index contributed by atoms with van der Waals surface area (Å²) in [4.78, 5) is 18.9. The van der Waals surface area contributed by atoms with E-state index in [0.717, 1.165) is 37.3 Å². The summed E-state index contributed by atoms with van der Waals surface area (Å²) in [7, 11) is 1.81. The zero-order chi connectivity index (χ0) is 15.5. The van der Waals surface area contributed by atoms with E-state index in [9.17, 15) is 4.79 Å². The molecule has 1 aliphatic heterocycles. The smallest absolute Gasteiger partial charge is 0.254 e. The molecule has 22 heavy (non-hydrogen) atoms. The number of nitrogens with one attached hydrogen (secondary N) is 1. The second kappa shape index (κ2) is 6.17. The van der Waals surface area contributed by atoms with Crippen molar-refractivity contribution < 1.29 is 4.79 Å². The van der Waals surface area contributed by atoms with Crippen LogP contribution in [0.1, 0.15) is 28.8 Å². The van der Waals surface area contributed by atoms with E-state index in [1.807, 2.05) is 26.2 Å². The first-order valence-electron chi connectivity index (χ1n) is 7.59. The molecular weight excluding hydrogens is 278 g/mol. The molecule has 2 aromatic rings. The number of anilines is 1. The third-order valence-corrected chi connectivity index (χ3v) is 3.94. The predicted octanol–water partition coefficient (Wildman–Crippen LogP) is 1.52. The highest BCUT2D eigenvalue weighted by Crippen LogP contribution is 2.18. The van der Waals surface area contributed by atoms with E-state index < -0.39 is 0 Å². The molecule has 3 heterocycles. The van der Waals surface area contributed by atoms with Crippen molar-refractivity contribution in [3.05, 3.63) is 41.9 Å². The van der Waals surface area contributed by atoms with Gasteiger partial charge in [0.2, 0.25) is 0 Å². The van der Waals surface area contributed by atoms with Gasteiger partial charge in [0.15, 0.2) is 0 Å². The zero-order valence-electron chi connectivity index (χ0n) is 13.0. The largest absolute Gasteiger partial charge is 0.355 e. The Morgan fingerprint density at radius 3 is 2.91 bits per heavy atom. The fourth-order valence-corrected chi connectivity index (χ4v) is 2.76. The number of pyridine rings is 1. The van der Waals surface area contributed by atoms with Crippen LogP contribution in [0.15, 0.2) is 30.7 Å². The maximum absolute atomic E-state index is 12.2. The van der Waals surface area contributed by atoms with Crippen LogP contribution in [-0.2, 0) is 7.05 Å². The van der Waals surface area contributed by atoms with Crippen molar-refractivity contribution in [3.63, 3.8) is 0 Å². The van der Waals surface area contributed by atoms with Gasteiger partial charge < -0.3 is 10.2 Å². The van der Waals surface area contributed by atoms with Crippen LogP contribution in [0, 0.1) is 6.92 Å². The third-order valence-electron chi connectivity index (χ3n) is 3.94. The number of piperidine rings is 1. The van der Waals surface area contributed by atoms with Gasteiger partial charge in [-0.1, -0.05) is 6.07 Å². The molecule has 0 bridgehead atoms. The minimum Gasteiger partial charge on any atom is -0.355 e. The van der Waals surface area contributed by atoms with Gasteiger partial charge >= 0.3 is 0 Å². The van der Waals surface area contributed by atoms with E-state index >= 15 is 0 Å². The fourth-order valence-electron chi connectivity index (χ4n) is 2.76. The molecule has 0 aliphatic carbocycles. The van der Waals surface area contributed by atoms with Gasteiger partial charge in [-0.3, -0.25) is 9.48 Å². The Kier molecular flexibility index (Phi) is 4.09. The summed E-state index contributed by atoms with van der Waals surface area (Å²) >= 11 is 0. The number of carbonyl (C=O) groups excluding carboxylic acids is 1. The summed E-state index contributed by atoms with van der Waals surface area (Å²) in [5.74, 6) is 0.919. The van der Waals surface area contributed by atoms with E-state index in [2.05, 4.69) is 26.4 Å². The highest BCUT2D eigenvalue weighted by Gasteiger charge is 2.23. The first kappa shape index (κ1) is 14.6. The summed E-state index contributed by atoms with van der Waals surface area (Å²) in [6.07, 6.45) is 7.25. The lowest BCUT2D eigenvalue weighted by Crippen LogP contribution is -2.48. The summed E-state index contributed by atoms with van der Waals surface area (Å²) < 4.78 is 1.64. The van der Waals surface area contributed by atoms with Gasteiger partial charge in [0.1, 0.15) is 5.82 Å². The van der Waals surface area contributed by atoms with Crippen LogP contribution < -0.4 is 10.2 Å². The molecular formula is C16H21N5O. The monoisotopic (exact) mass is 299 g/mol. The highest BCUT2D eigenvalue weighted by molar-refractivity contribution is 5.93. The maximum Gasteiger partial charge on any atom is 0.254 e. The lowest BCUT2D eigenvalue weighted by atomic mass is 10.1. The number of rotatable bonds is 3. The topological polar surface area (TPSA) is 63.1 Å². The number of hydrogen-bond acceptors (Lipinski definition) is 4. The van der Waals surface area contributed by atoms with E-state index in [1.165, 1.54) is 0 Å². The van der Waals surface area contributed by atoms with Crippen molar-refractivity contribution in [2.75, 3.05) is 18.0 Å². The summed E-state index contributed by atoms with van der Waals surface area (Å²) in [6, 6.07) is 4.26. The number of aromatic nitrogens is 3. The van der Waals surface area contributed by atoms with Crippen molar-refractivity contribution >= 4 is 11.7 Å². The van der Waals surface area contributed by atoms with Gasteiger partial charge in [-0.15, -0.1) is 0 Å². The summed E-state index contributed by atoms with van der Waals surface area (Å²) in [5, 5.41) is 7.13. The van der Waals surface area contributed by atoms with Crippen molar-refractivity contribution in [1.82, 2.24) is 20.1 Å². The molecule has 116 valence electrons. The minimum atomic E-state index is -0.0585. The SMILES string of the molecule is Cc1ccc(N2CCCC(NC(=O)c3cnn(C)c3)C2)nc1. The predicted molar refractivity (Wildman–Crippen MR) is 84.9 cm³/mol. The maximum atomic E-state index is 12.2. The van der Waals surface area contributed by atoms with Gasteiger partial charge in [0, 0.05) is 38.6 Å². The molecule has 2 aromatic heterocycles. The normalized spacial score (nSPS) is 18.3. The van der Waals surface area contributed by atoms with Crippen LogP contribution in [-0.4, -0.2) is 39.8 Å². The van der Waals surface area contributed by atoms with E-state index in [4.69, 9.17) is 0 Å². The molecule has 0 spiro atoms. The van der Waals surface area contributed by atoms with Crippen molar-refractivity contribution in [2.24, 2.45) is 7.05 Å². The number of hydrogen-bond donors (Lipinski definition) is 1. The Hall–Kier alpha value is -2.37. The van der Waals surface area contributed by atoms with Crippen LogP contribution in [0.2, 0.25) is 0 Å². The van der Waals surface area contributed by atoms with Crippen LogP contribution in [0.25, 0.3) is 0 Å². The number of amides is 1. The first-order valence-corrected chi connectivity index (χ1v) is 7.59. The second-order valence-corrected chi connectivity index (χ2v) is 5.86. The third kappa shape index (κ3) is 3.27. The molecule has 1 N–H and O–H groups in total. The number of carbonyl (C=O) groups is 1. The zero-order valence-corrected chi connectivity index (χ0v) is 13.0. The molecule has 1 amide bonds. The summed E-state index contributed by atoms with van der Waals surface area (Å²) in [5.41, 5.74) is 1.76. The Labute approximate surface area is 130 Å². The molecule has 0 saturated carbocycles. The Morgan fingerprint density at radius 1 is 1.36 bits per heavy atom.